The largest absolute Gasteiger partial charge is 0.485 e. The van der Waals surface area contributed by atoms with E-state index in [1.807, 2.05) is 53.9 Å². The van der Waals surface area contributed by atoms with Crippen LogP contribution in [-0.2, 0) is 19.6 Å². The van der Waals surface area contributed by atoms with E-state index in [1.54, 1.807) is 0 Å². The minimum atomic E-state index is -0.00145. The SMILES string of the molecule is C#CCc1c(C)nc2c(OCc3ccccc3CO)cccn12. The highest BCUT2D eigenvalue weighted by Gasteiger charge is 2.12. The Kier molecular flexibility index (Phi) is 4.31. The van der Waals surface area contributed by atoms with Crippen LogP contribution in [0, 0.1) is 19.3 Å². The van der Waals surface area contributed by atoms with Gasteiger partial charge in [0.25, 0.3) is 0 Å². The van der Waals surface area contributed by atoms with Crippen molar-refractivity contribution in [3.63, 3.8) is 0 Å². The molecule has 23 heavy (non-hydrogen) atoms. The Labute approximate surface area is 135 Å². The molecule has 0 aliphatic heterocycles. The molecule has 4 heteroatoms. The molecule has 116 valence electrons. The van der Waals surface area contributed by atoms with Crippen LogP contribution in [-0.4, -0.2) is 14.5 Å². The Morgan fingerprint density at radius 2 is 2.00 bits per heavy atom. The zero-order valence-electron chi connectivity index (χ0n) is 13.0. The quantitative estimate of drug-likeness (QED) is 0.737. The molecule has 0 amide bonds. The molecule has 3 rings (SSSR count). The molecular formula is C19H18N2O2. The number of aliphatic hydroxyl groups excluding tert-OH is 1. The number of pyridine rings is 1. The van der Waals surface area contributed by atoms with Crippen molar-refractivity contribution in [1.82, 2.24) is 9.38 Å². The van der Waals surface area contributed by atoms with Gasteiger partial charge in [-0.25, -0.2) is 4.98 Å². The van der Waals surface area contributed by atoms with Crippen molar-refractivity contribution in [2.24, 2.45) is 0 Å². The average Bonchev–Trinajstić information content (AvgIpc) is 2.90. The number of rotatable bonds is 5. The molecule has 0 spiro atoms. The third-order valence-corrected chi connectivity index (χ3v) is 3.85. The number of hydrogen-bond acceptors (Lipinski definition) is 3. The molecule has 2 heterocycles. The number of aliphatic hydroxyl groups is 1. The van der Waals surface area contributed by atoms with Gasteiger partial charge in [0.1, 0.15) is 6.61 Å². The maximum absolute atomic E-state index is 9.40. The van der Waals surface area contributed by atoms with Crippen molar-refractivity contribution in [3.8, 4) is 18.1 Å². The number of benzene rings is 1. The summed E-state index contributed by atoms with van der Waals surface area (Å²) >= 11 is 0. The molecule has 0 bridgehead atoms. The fourth-order valence-electron chi connectivity index (χ4n) is 2.64. The third-order valence-electron chi connectivity index (χ3n) is 3.85. The molecule has 0 atom stereocenters. The smallest absolute Gasteiger partial charge is 0.180 e. The van der Waals surface area contributed by atoms with Crippen molar-refractivity contribution >= 4 is 5.65 Å². The number of aryl methyl sites for hydroxylation is 1. The lowest BCUT2D eigenvalue weighted by atomic mass is 10.1. The summed E-state index contributed by atoms with van der Waals surface area (Å²) in [6.07, 6.45) is 7.91. The molecule has 0 aliphatic carbocycles. The van der Waals surface area contributed by atoms with Crippen LogP contribution in [0.5, 0.6) is 5.75 Å². The number of imidazole rings is 1. The van der Waals surface area contributed by atoms with E-state index >= 15 is 0 Å². The van der Waals surface area contributed by atoms with Gasteiger partial charge in [-0.2, -0.15) is 0 Å². The van der Waals surface area contributed by atoms with Gasteiger partial charge in [0.15, 0.2) is 11.4 Å². The predicted molar refractivity (Wildman–Crippen MR) is 89.2 cm³/mol. The van der Waals surface area contributed by atoms with Crippen LogP contribution >= 0.6 is 0 Å². The summed E-state index contributed by atoms with van der Waals surface area (Å²) in [6, 6.07) is 11.5. The maximum Gasteiger partial charge on any atom is 0.180 e. The van der Waals surface area contributed by atoms with Gasteiger partial charge in [-0.15, -0.1) is 12.3 Å². The molecule has 1 N–H and O–H groups in total. The molecule has 0 saturated carbocycles. The van der Waals surface area contributed by atoms with E-state index in [1.165, 1.54) is 0 Å². The van der Waals surface area contributed by atoms with E-state index in [0.717, 1.165) is 28.2 Å². The van der Waals surface area contributed by atoms with Crippen molar-refractivity contribution in [2.75, 3.05) is 0 Å². The first-order valence-electron chi connectivity index (χ1n) is 7.45. The third kappa shape index (κ3) is 2.92. The number of hydrogen-bond donors (Lipinski definition) is 1. The van der Waals surface area contributed by atoms with Gasteiger partial charge in [-0.05, 0) is 30.2 Å². The lowest BCUT2D eigenvalue weighted by molar-refractivity contribution is 0.270. The Balaban J connectivity index is 1.92. The normalized spacial score (nSPS) is 10.7. The molecule has 2 aromatic heterocycles. The van der Waals surface area contributed by atoms with E-state index in [4.69, 9.17) is 11.2 Å². The molecule has 1 aromatic carbocycles. The molecular weight excluding hydrogens is 288 g/mol. The fraction of sp³-hybridized carbons (Fsp3) is 0.211. The van der Waals surface area contributed by atoms with E-state index in [9.17, 15) is 5.11 Å². The molecule has 3 aromatic rings. The average molecular weight is 306 g/mol. The van der Waals surface area contributed by atoms with Crippen LogP contribution in [0.1, 0.15) is 22.5 Å². The molecule has 0 unspecified atom stereocenters. The topological polar surface area (TPSA) is 46.8 Å². The van der Waals surface area contributed by atoms with Crippen molar-refractivity contribution in [3.05, 3.63) is 65.1 Å². The summed E-state index contributed by atoms with van der Waals surface area (Å²) in [4.78, 5) is 4.58. The second-order valence-corrected chi connectivity index (χ2v) is 5.31. The summed E-state index contributed by atoms with van der Waals surface area (Å²) in [5.74, 6) is 3.37. The zero-order chi connectivity index (χ0) is 16.2. The minimum Gasteiger partial charge on any atom is -0.485 e. The van der Waals surface area contributed by atoms with Crippen LogP contribution in [0.15, 0.2) is 42.6 Å². The van der Waals surface area contributed by atoms with Gasteiger partial charge in [-0.3, -0.25) is 4.40 Å². The summed E-state index contributed by atoms with van der Waals surface area (Å²) < 4.78 is 7.92. The van der Waals surface area contributed by atoms with E-state index in [0.29, 0.717) is 18.8 Å². The Hall–Kier alpha value is -2.77. The van der Waals surface area contributed by atoms with Crippen LogP contribution in [0.2, 0.25) is 0 Å². The summed E-state index contributed by atoms with van der Waals surface area (Å²) in [7, 11) is 0. The zero-order valence-corrected chi connectivity index (χ0v) is 13.0. The van der Waals surface area contributed by atoms with E-state index in [-0.39, 0.29) is 6.61 Å². The second-order valence-electron chi connectivity index (χ2n) is 5.31. The van der Waals surface area contributed by atoms with Gasteiger partial charge in [0.05, 0.1) is 24.4 Å². The highest BCUT2D eigenvalue weighted by atomic mass is 16.5. The Morgan fingerprint density at radius 3 is 2.74 bits per heavy atom. The number of ether oxygens (including phenoxy) is 1. The van der Waals surface area contributed by atoms with Gasteiger partial charge < -0.3 is 9.84 Å². The van der Waals surface area contributed by atoms with E-state index in [2.05, 4.69) is 10.9 Å². The highest BCUT2D eigenvalue weighted by Crippen LogP contribution is 2.23. The molecule has 0 radical (unpaired) electrons. The van der Waals surface area contributed by atoms with Crippen LogP contribution in [0.4, 0.5) is 0 Å². The van der Waals surface area contributed by atoms with Gasteiger partial charge >= 0.3 is 0 Å². The summed E-state index contributed by atoms with van der Waals surface area (Å²) in [6.45, 7) is 2.33. The monoisotopic (exact) mass is 306 g/mol. The van der Waals surface area contributed by atoms with Gasteiger partial charge in [-0.1, -0.05) is 24.3 Å². The number of nitrogens with zero attached hydrogens (tertiary/aromatic N) is 2. The first-order chi connectivity index (χ1) is 11.2. The predicted octanol–water partition coefficient (Wildman–Crippen LogP) is 2.89. The van der Waals surface area contributed by atoms with Crippen molar-refractivity contribution in [2.45, 2.75) is 26.6 Å². The Morgan fingerprint density at radius 1 is 1.22 bits per heavy atom. The maximum atomic E-state index is 9.40. The molecule has 0 fully saturated rings. The lowest BCUT2D eigenvalue weighted by Gasteiger charge is -2.10. The van der Waals surface area contributed by atoms with Crippen LogP contribution in [0.3, 0.4) is 0 Å². The summed E-state index contributed by atoms with van der Waals surface area (Å²) in [5, 5.41) is 9.40. The van der Waals surface area contributed by atoms with Gasteiger partial charge in [0.2, 0.25) is 0 Å². The van der Waals surface area contributed by atoms with Crippen LogP contribution in [0.25, 0.3) is 5.65 Å². The molecule has 4 nitrogen and oxygen atoms in total. The van der Waals surface area contributed by atoms with E-state index < -0.39 is 0 Å². The first kappa shape index (κ1) is 15.1. The van der Waals surface area contributed by atoms with Crippen molar-refractivity contribution in [1.29, 1.82) is 0 Å². The number of aromatic nitrogens is 2. The van der Waals surface area contributed by atoms with Crippen LogP contribution < -0.4 is 4.74 Å². The van der Waals surface area contributed by atoms with Crippen molar-refractivity contribution < 1.29 is 9.84 Å². The first-order valence-corrected chi connectivity index (χ1v) is 7.45. The molecule has 0 saturated heterocycles. The van der Waals surface area contributed by atoms with Gasteiger partial charge in [0, 0.05) is 6.20 Å². The fourth-order valence-corrected chi connectivity index (χ4v) is 2.64. The standard InChI is InChI=1S/C19H18N2O2/c1-3-7-17-14(2)20-19-18(10-6-11-21(17)19)23-13-16-9-5-4-8-15(16)12-22/h1,4-6,8-11,22H,7,12-13H2,2H3. The summed E-state index contributed by atoms with van der Waals surface area (Å²) in [5.41, 5.74) is 4.51. The second kappa shape index (κ2) is 6.55. The lowest BCUT2D eigenvalue weighted by Crippen LogP contribution is -2.02. The molecule has 0 aliphatic rings. The number of terminal acetylenes is 1. The Bertz CT molecular complexity index is 875. The highest BCUT2D eigenvalue weighted by molar-refractivity contribution is 5.56. The minimum absolute atomic E-state index is 0.00145. The number of fused-ring (bicyclic) bond motifs is 1.